The zero-order valence-electron chi connectivity index (χ0n) is 16.3. The van der Waals surface area contributed by atoms with Crippen LogP contribution in [0, 0.1) is 41.5 Å². The molecule has 0 spiro atoms. The molecule has 0 aliphatic carbocycles. The molecule has 0 aliphatic rings. The predicted molar refractivity (Wildman–Crippen MR) is 110 cm³/mol. The Morgan fingerprint density at radius 3 is 1.00 bits per heavy atom. The van der Waals surface area contributed by atoms with E-state index in [-0.39, 0.29) is 24.2 Å². The van der Waals surface area contributed by atoms with Crippen LogP contribution in [0.3, 0.4) is 0 Å². The molecule has 0 fully saturated rings. The van der Waals surface area contributed by atoms with Crippen molar-refractivity contribution in [2.24, 2.45) is 0 Å². The van der Waals surface area contributed by atoms with Crippen LogP contribution in [0.1, 0.15) is 33.4 Å². The van der Waals surface area contributed by atoms with Gasteiger partial charge < -0.3 is 0 Å². The van der Waals surface area contributed by atoms with Crippen molar-refractivity contribution in [3.63, 3.8) is 0 Å². The zero-order valence-corrected chi connectivity index (χ0v) is 19.4. The van der Waals surface area contributed by atoms with E-state index >= 15 is 0 Å². The summed E-state index contributed by atoms with van der Waals surface area (Å²) in [7, 11) is 0.120. The molecule has 23 heavy (non-hydrogen) atoms. The van der Waals surface area contributed by atoms with Crippen LogP contribution in [-0.2, 0) is 0 Å². The molecule has 0 saturated heterocycles. The number of hydrogen-bond donors (Lipinski definition) is 0. The van der Waals surface area contributed by atoms with E-state index in [1.807, 2.05) is 0 Å². The normalized spacial score (nSPS) is 10.5. The van der Waals surface area contributed by atoms with Gasteiger partial charge in [-0.1, -0.05) is 19.6 Å². The molecule has 0 bridgehead atoms. The minimum absolute atomic E-state index is 0.120. The fourth-order valence-electron chi connectivity index (χ4n) is 2.88. The molecule has 0 aromatic heterocycles. The second kappa shape index (κ2) is 8.89. The molecule has 0 saturated carbocycles. The maximum absolute atomic E-state index is 2.32. The molecule has 2 rings (SSSR count). The molecule has 2 aromatic carbocycles. The topological polar surface area (TPSA) is 0 Å². The first-order valence-corrected chi connectivity index (χ1v) is 13.4. The molecule has 2 heteroatoms. The Labute approximate surface area is 151 Å². The van der Waals surface area contributed by atoms with Crippen molar-refractivity contribution >= 4 is 33.0 Å². The second-order valence-electron chi connectivity index (χ2n) is 7.17. The summed E-state index contributed by atoms with van der Waals surface area (Å²) >= 11 is -0.239. The van der Waals surface area contributed by atoms with Crippen LogP contribution in [0.4, 0.5) is 0 Å². The van der Waals surface area contributed by atoms with Gasteiger partial charge in [0.25, 0.3) is 0 Å². The monoisotopic (exact) mass is 385 g/mol. The van der Waals surface area contributed by atoms with Gasteiger partial charge in [-0.3, -0.25) is 0 Å². The Hall–Kier alpha value is -0.800. The fraction of sp³-hybridized carbons (Fsp3) is 0.429. The average Bonchev–Trinajstić information content (AvgIpc) is 2.34. The average molecular weight is 384 g/mol. The second-order valence-corrected chi connectivity index (χ2v) is 12.8. The van der Waals surface area contributed by atoms with Crippen LogP contribution in [0.5, 0.6) is 0 Å². The quantitative estimate of drug-likeness (QED) is 0.666. The van der Waals surface area contributed by atoms with Crippen molar-refractivity contribution in [2.75, 3.05) is 0 Å². The van der Waals surface area contributed by atoms with Crippen LogP contribution < -0.4 is 8.79 Å². The predicted octanol–water partition coefficient (Wildman–Crippen LogP) is 4.56. The van der Waals surface area contributed by atoms with Gasteiger partial charge >= 0.3 is 123 Å². The van der Waals surface area contributed by atoms with Crippen molar-refractivity contribution in [2.45, 2.75) is 61.2 Å². The van der Waals surface area contributed by atoms with Gasteiger partial charge in [0.2, 0.25) is 0 Å². The summed E-state index contributed by atoms with van der Waals surface area (Å²) in [6, 6.07) is 9.30. The summed E-state index contributed by atoms with van der Waals surface area (Å²) in [6.07, 6.45) is 0. The van der Waals surface area contributed by atoms with Crippen LogP contribution in [-0.4, -0.2) is 24.2 Å². The van der Waals surface area contributed by atoms with Gasteiger partial charge in [-0.2, -0.15) is 0 Å². The van der Waals surface area contributed by atoms with Crippen molar-refractivity contribution in [3.8, 4) is 0 Å². The van der Waals surface area contributed by atoms with Gasteiger partial charge in [0.15, 0.2) is 0 Å². The minimum atomic E-state index is -0.239. The van der Waals surface area contributed by atoms with E-state index in [4.69, 9.17) is 0 Å². The molecule has 123 valence electrons. The van der Waals surface area contributed by atoms with Crippen LogP contribution >= 0.6 is 0 Å². The molecule has 3 radical (unpaired) electrons. The first kappa shape index (κ1) is 20.2. The van der Waals surface area contributed by atoms with Crippen molar-refractivity contribution in [1.29, 1.82) is 0 Å². The molecule has 0 aliphatic heterocycles. The molecule has 0 amide bonds. The van der Waals surface area contributed by atoms with Gasteiger partial charge in [0, 0.05) is 8.80 Å². The third-order valence-corrected chi connectivity index (χ3v) is 7.96. The zero-order chi connectivity index (χ0) is 17.7. The Bertz CT molecular complexity index is 567. The van der Waals surface area contributed by atoms with Gasteiger partial charge in [-0.05, 0) is 0 Å². The summed E-state index contributed by atoms with van der Waals surface area (Å²) in [6.45, 7) is 20.2. The SMILES string of the molecule is C[Si](C)C.Cc1cc(C)[c]([Ge][c]2c(C)cc(C)cc2C)c(C)c1. The van der Waals surface area contributed by atoms with E-state index < -0.39 is 0 Å². The maximum atomic E-state index is 2.32. The van der Waals surface area contributed by atoms with E-state index in [2.05, 4.69) is 85.4 Å². The van der Waals surface area contributed by atoms with Crippen molar-refractivity contribution < 1.29 is 0 Å². The van der Waals surface area contributed by atoms with Crippen molar-refractivity contribution in [1.82, 2.24) is 0 Å². The van der Waals surface area contributed by atoms with Gasteiger partial charge in [0.05, 0.1) is 0 Å². The van der Waals surface area contributed by atoms with E-state index in [0.29, 0.717) is 0 Å². The van der Waals surface area contributed by atoms with Gasteiger partial charge in [-0.25, -0.2) is 0 Å². The number of benzene rings is 2. The number of hydrogen-bond acceptors (Lipinski definition) is 0. The molecular formula is C21H31GeSi. The molecule has 0 unspecified atom stereocenters. The first-order valence-electron chi connectivity index (χ1n) is 8.31. The molecule has 2 aromatic rings. The van der Waals surface area contributed by atoms with Crippen LogP contribution in [0.2, 0.25) is 19.6 Å². The van der Waals surface area contributed by atoms with E-state index in [1.54, 1.807) is 8.79 Å². The number of aryl methyl sites for hydroxylation is 6. The standard InChI is InChI=1S/C18H22Ge.C3H9Si/c1-11-7-13(3)17(14(4)8-11)19-18-15(5)9-12(2)10-16(18)6;1-4(2)3/h7-10H,1-6H3;1-3H3. The third kappa shape index (κ3) is 6.31. The Kier molecular flexibility index (Phi) is 7.82. The first-order chi connectivity index (χ1) is 10.6. The molecule has 0 N–H and O–H groups in total. The van der Waals surface area contributed by atoms with E-state index in [1.165, 1.54) is 33.4 Å². The van der Waals surface area contributed by atoms with Crippen LogP contribution in [0.15, 0.2) is 24.3 Å². The summed E-state index contributed by atoms with van der Waals surface area (Å²) in [4.78, 5) is 0. The molecule has 0 nitrogen and oxygen atoms in total. The molecule has 0 heterocycles. The van der Waals surface area contributed by atoms with E-state index in [9.17, 15) is 0 Å². The van der Waals surface area contributed by atoms with Gasteiger partial charge in [0.1, 0.15) is 0 Å². The summed E-state index contributed by atoms with van der Waals surface area (Å²) in [5.41, 5.74) is 8.63. The summed E-state index contributed by atoms with van der Waals surface area (Å²) in [5.74, 6) is 0. The Morgan fingerprint density at radius 1 is 0.565 bits per heavy atom. The van der Waals surface area contributed by atoms with Gasteiger partial charge in [-0.15, -0.1) is 0 Å². The van der Waals surface area contributed by atoms with E-state index in [0.717, 1.165) is 0 Å². The molecular weight excluding hydrogens is 353 g/mol. The summed E-state index contributed by atoms with van der Waals surface area (Å²) in [5, 5.41) is 0. The number of rotatable bonds is 2. The third-order valence-electron chi connectivity index (χ3n) is 3.60. The van der Waals surface area contributed by atoms with Crippen LogP contribution in [0.25, 0.3) is 0 Å². The Balaban J connectivity index is 0.000000593. The fourth-order valence-corrected chi connectivity index (χ4v) is 5.66. The Morgan fingerprint density at radius 2 is 0.783 bits per heavy atom. The molecule has 0 atom stereocenters. The summed E-state index contributed by atoms with van der Waals surface area (Å²) < 4.78 is 3.22. The van der Waals surface area contributed by atoms with Crippen molar-refractivity contribution in [3.05, 3.63) is 57.6 Å².